The van der Waals surface area contributed by atoms with E-state index in [1.165, 1.54) is 11.3 Å². The molecule has 0 aliphatic heterocycles. The predicted octanol–water partition coefficient (Wildman–Crippen LogP) is 2.26. The third-order valence-electron chi connectivity index (χ3n) is 1.69. The van der Waals surface area contributed by atoms with E-state index in [4.69, 9.17) is 0 Å². The van der Waals surface area contributed by atoms with Crippen molar-refractivity contribution in [3.05, 3.63) is 33.5 Å². The summed E-state index contributed by atoms with van der Waals surface area (Å²) in [5, 5.41) is 11.5. The Labute approximate surface area is 104 Å². The number of carbonyl (C=O) groups is 1. The maximum Gasteiger partial charge on any atom is 0.276 e. The Morgan fingerprint density at radius 3 is 2.88 bits per heavy atom. The highest BCUT2D eigenvalue weighted by Crippen LogP contribution is 2.15. The number of nitrogens with one attached hydrogen (secondary N) is 1. The second kappa shape index (κ2) is 4.67. The molecule has 2 rings (SSSR count). The molecule has 16 heavy (non-hydrogen) atoms. The number of aryl methyl sites for hydroxylation is 1. The number of anilines is 1. The van der Waals surface area contributed by atoms with Gasteiger partial charge in [0.25, 0.3) is 5.91 Å². The maximum absolute atomic E-state index is 11.7. The van der Waals surface area contributed by atoms with E-state index in [0.717, 1.165) is 5.01 Å². The highest BCUT2D eigenvalue weighted by atomic mass is 79.9. The van der Waals surface area contributed by atoms with Crippen LogP contribution in [0.1, 0.15) is 15.5 Å². The van der Waals surface area contributed by atoms with Crippen LogP contribution in [0.5, 0.6) is 0 Å². The summed E-state index contributed by atoms with van der Waals surface area (Å²) in [7, 11) is 0. The van der Waals surface area contributed by atoms with Gasteiger partial charge in [0.2, 0.25) is 5.13 Å². The highest BCUT2D eigenvalue weighted by Gasteiger charge is 2.10. The molecule has 0 atom stereocenters. The molecule has 0 radical (unpaired) electrons. The van der Waals surface area contributed by atoms with Crippen molar-refractivity contribution in [1.82, 2.24) is 15.2 Å². The number of amides is 1. The van der Waals surface area contributed by atoms with E-state index in [-0.39, 0.29) is 5.91 Å². The van der Waals surface area contributed by atoms with E-state index in [0.29, 0.717) is 15.4 Å². The topological polar surface area (TPSA) is 67.8 Å². The van der Waals surface area contributed by atoms with E-state index in [9.17, 15) is 4.79 Å². The standard InChI is InChI=1S/C9H7BrN4OS/c1-5-13-14-9(16-5)12-8(15)6-3-2-4-7(10)11-6/h2-4H,1H3,(H,12,14,15). The molecule has 0 saturated carbocycles. The lowest BCUT2D eigenvalue weighted by atomic mass is 10.3. The van der Waals surface area contributed by atoms with Crippen molar-refractivity contribution in [1.29, 1.82) is 0 Å². The van der Waals surface area contributed by atoms with Gasteiger partial charge in [-0.1, -0.05) is 17.4 Å². The Morgan fingerprint density at radius 2 is 2.25 bits per heavy atom. The first-order chi connectivity index (χ1) is 7.65. The van der Waals surface area contributed by atoms with Gasteiger partial charge in [-0.25, -0.2) is 4.98 Å². The van der Waals surface area contributed by atoms with Crippen LogP contribution in [-0.2, 0) is 0 Å². The van der Waals surface area contributed by atoms with Gasteiger partial charge in [0, 0.05) is 0 Å². The molecule has 0 spiro atoms. The number of pyridine rings is 1. The summed E-state index contributed by atoms with van der Waals surface area (Å²) in [6, 6.07) is 5.14. The fourth-order valence-corrected chi connectivity index (χ4v) is 1.97. The summed E-state index contributed by atoms with van der Waals surface area (Å²) < 4.78 is 0.619. The summed E-state index contributed by atoms with van der Waals surface area (Å²) >= 11 is 4.52. The van der Waals surface area contributed by atoms with E-state index in [1.807, 2.05) is 6.92 Å². The van der Waals surface area contributed by atoms with Crippen molar-refractivity contribution in [2.24, 2.45) is 0 Å². The van der Waals surface area contributed by atoms with E-state index >= 15 is 0 Å². The Hall–Kier alpha value is -1.34. The fourth-order valence-electron chi connectivity index (χ4n) is 1.04. The van der Waals surface area contributed by atoms with Crippen LogP contribution < -0.4 is 5.32 Å². The van der Waals surface area contributed by atoms with Crippen LogP contribution in [0.4, 0.5) is 5.13 Å². The average Bonchev–Trinajstić information content (AvgIpc) is 2.64. The number of rotatable bonds is 2. The quantitative estimate of drug-likeness (QED) is 0.864. The molecule has 7 heteroatoms. The first-order valence-corrected chi connectivity index (χ1v) is 6.00. The van der Waals surface area contributed by atoms with Crippen molar-refractivity contribution in [2.75, 3.05) is 5.32 Å². The van der Waals surface area contributed by atoms with Gasteiger partial charge in [-0.15, -0.1) is 10.2 Å². The van der Waals surface area contributed by atoms with Gasteiger partial charge in [-0.3, -0.25) is 10.1 Å². The summed E-state index contributed by atoms with van der Waals surface area (Å²) in [4.78, 5) is 15.8. The van der Waals surface area contributed by atoms with Crippen molar-refractivity contribution >= 4 is 38.3 Å². The molecule has 82 valence electrons. The number of carbonyl (C=O) groups excluding carboxylic acids is 1. The number of aromatic nitrogens is 3. The Bertz CT molecular complexity index is 528. The first kappa shape index (κ1) is 11.2. The lowest BCUT2D eigenvalue weighted by Crippen LogP contribution is -2.13. The van der Waals surface area contributed by atoms with E-state index in [2.05, 4.69) is 36.4 Å². The zero-order valence-corrected chi connectivity index (χ0v) is 10.7. The molecule has 2 heterocycles. The molecule has 0 aliphatic carbocycles. The van der Waals surface area contributed by atoms with Gasteiger partial charge < -0.3 is 0 Å². The molecule has 0 aliphatic rings. The molecular weight excluding hydrogens is 292 g/mol. The lowest BCUT2D eigenvalue weighted by molar-refractivity contribution is 0.102. The minimum absolute atomic E-state index is 0.294. The maximum atomic E-state index is 11.7. The smallest absolute Gasteiger partial charge is 0.276 e. The van der Waals surface area contributed by atoms with Crippen molar-refractivity contribution in [2.45, 2.75) is 6.92 Å². The largest absolute Gasteiger partial charge is 0.295 e. The van der Waals surface area contributed by atoms with E-state index in [1.54, 1.807) is 18.2 Å². The summed E-state index contributed by atoms with van der Waals surface area (Å²) in [6.07, 6.45) is 0. The summed E-state index contributed by atoms with van der Waals surface area (Å²) in [5.41, 5.74) is 0.335. The summed E-state index contributed by atoms with van der Waals surface area (Å²) in [6.45, 7) is 1.82. The second-order valence-electron chi connectivity index (χ2n) is 2.93. The van der Waals surface area contributed by atoms with Crippen LogP contribution >= 0.6 is 27.3 Å². The van der Waals surface area contributed by atoms with Crippen LogP contribution in [0, 0.1) is 6.92 Å². The molecule has 0 bridgehead atoms. The van der Waals surface area contributed by atoms with Crippen LogP contribution in [-0.4, -0.2) is 21.1 Å². The van der Waals surface area contributed by atoms with Crippen LogP contribution in [0.3, 0.4) is 0 Å². The number of halogens is 1. The molecule has 0 saturated heterocycles. The third kappa shape index (κ3) is 2.61. The average molecular weight is 299 g/mol. The minimum atomic E-state index is -0.294. The molecular formula is C9H7BrN4OS. The zero-order valence-electron chi connectivity index (χ0n) is 8.27. The predicted molar refractivity (Wildman–Crippen MR) is 64.5 cm³/mol. The molecule has 2 aromatic rings. The van der Waals surface area contributed by atoms with Gasteiger partial charge in [0.05, 0.1) is 0 Å². The van der Waals surface area contributed by atoms with Gasteiger partial charge in [0.15, 0.2) is 0 Å². The monoisotopic (exact) mass is 298 g/mol. The molecule has 0 fully saturated rings. The van der Waals surface area contributed by atoms with Gasteiger partial charge in [-0.2, -0.15) is 0 Å². The molecule has 2 aromatic heterocycles. The third-order valence-corrected chi connectivity index (χ3v) is 2.89. The molecule has 1 amide bonds. The van der Waals surface area contributed by atoms with Crippen LogP contribution in [0.25, 0.3) is 0 Å². The SMILES string of the molecule is Cc1nnc(NC(=O)c2cccc(Br)n2)s1. The van der Waals surface area contributed by atoms with Crippen molar-refractivity contribution in [3.8, 4) is 0 Å². The highest BCUT2D eigenvalue weighted by molar-refractivity contribution is 9.10. The van der Waals surface area contributed by atoms with Gasteiger partial charge in [0.1, 0.15) is 15.3 Å². The van der Waals surface area contributed by atoms with Crippen LogP contribution in [0.2, 0.25) is 0 Å². The Morgan fingerprint density at radius 1 is 1.44 bits per heavy atom. The Kier molecular flexibility index (Phi) is 3.25. The normalized spacial score (nSPS) is 10.1. The molecule has 0 unspecified atom stereocenters. The Balaban J connectivity index is 2.14. The second-order valence-corrected chi connectivity index (χ2v) is 4.92. The molecule has 0 aromatic carbocycles. The fraction of sp³-hybridized carbons (Fsp3) is 0.111. The molecule has 5 nitrogen and oxygen atoms in total. The van der Waals surface area contributed by atoms with Crippen molar-refractivity contribution < 1.29 is 4.79 Å². The van der Waals surface area contributed by atoms with Gasteiger partial charge >= 0.3 is 0 Å². The minimum Gasteiger partial charge on any atom is -0.295 e. The zero-order chi connectivity index (χ0) is 11.5. The van der Waals surface area contributed by atoms with Crippen LogP contribution in [0.15, 0.2) is 22.8 Å². The van der Waals surface area contributed by atoms with E-state index < -0.39 is 0 Å². The first-order valence-electron chi connectivity index (χ1n) is 4.39. The lowest BCUT2D eigenvalue weighted by Gasteiger charge is -2.00. The number of hydrogen-bond donors (Lipinski definition) is 1. The van der Waals surface area contributed by atoms with Crippen molar-refractivity contribution in [3.63, 3.8) is 0 Å². The van der Waals surface area contributed by atoms with Gasteiger partial charge in [-0.05, 0) is 35.0 Å². The number of hydrogen-bond acceptors (Lipinski definition) is 5. The number of nitrogens with zero attached hydrogens (tertiary/aromatic N) is 3. The summed E-state index contributed by atoms with van der Waals surface area (Å²) in [5.74, 6) is -0.294. The molecule has 1 N–H and O–H groups in total.